The van der Waals surface area contributed by atoms with Crippen molar-refractivity contribution in [1.82, 2.24) is 0 Å². The van der Waals surface area contributed by atoms with Crippen LogP contribution in [-0.2, 0) is 23.1 Å². The minimum Gasteiger partial charge on any atom is -0.478 e. The van der Waals surface area contributed by atoms with Gasteiger partial charge in [0.1, 0.15) is 18.0 Å². The van der Waals surface area contributed by atoms with Gasteiger partial charge in [0.15, 0.2) is 5.90 Å². The third-order valence-electron chi connectivity index (χ3n) is 3.53. The van der Waals surface area contributed by atoms with E-state index in [9.17, 15) is 9.36 Å². The molecule has 0 aromatic rings. The highest BCUT2D eigenvalue weighted by molar-refractivity contribution is 7.55. The van der Waals surface area contributed by atoms with Gasteiger partial charge in [0.25, 0.3) is 0 Å². The quantitative estimate of drug-likeness (QED) is 0.417. The van der Waals surface area contributed by atoms with Crippen molar-refractivity contribution in [3.63, 3.8) is 0 Å². The molecular weight excluding hydrogens is 317 g/mol. The first-order chi connectivity index (χ1) is 10.7. The fourth-order valence-electron chi connectivity index (χ4n) is 2.49. The summed E-state index contributed by atoms with van der Waals surface area (Å²) in [6.07, 6.45) is 2.59. The second kappa shape index (κ2) is 8.95. The molecule has 1 aliphatic heterocycles. The Labute approximate surface area is 139 Å². The lowest BCUT2D eigenvalue weighted by molar-refractivity contribution is -0.117. The van der Waals surface area contributed by atoms with Gasteiger partial charge in [-0.1, -0.05) is 6.42 Å². The van der Waals surface area contributed by atoms with E-state index in [1.54, 1.807) is 20.8 Å². The molecule has 1 atom stereocenters. The topological polar surface area (TPSA) is 74.2 Å². The summed E-state index contributed by atoms with van der Waals surface area (Å²) in [4.78, 5) is 15.6. The largest absolute Gasteiger partial charge is 0.478 e. The number of carbonyl (C=O) groups excluding carboxylic acids is 1. The van der Waals surface area contributed by atoms with Gasteiger partial charge in [-0.05, 0) is 47.5 Å². The molecule has 0 saturated heterocycles. The van der Waals surface area contributed by atoms with E-state index < -0.39 is 13.3 Å². The first-order valence-corrected chi connectivity index (χ1v) is 9.96. The van der Waals surface area contributed by atoms with E-state index in [1.165, 1.54) is 0 Å². The number of ether oxygens (including phenoxy) is 1. The van der Waals surface area contributed by atoms with Gasteiger partial charge in [-0.2, -0.15) is 0 Å². The van der Waals surface area contributed by atoms with E-state index >= 15 is 0 Å². The smallest absolute Gasteiger partial charge is 0.342 e. The summed E-state index contributed by atoms with van der Waals surface area (Å²) in [6.45, 7) is 10.2. The first kappa shape index (κ1) is 20.3. The van der Waals surface area contributed by atoms with Crippen LogP contribution in [0.1, 0.15) is 60.3 Å². The van der Waals surface area contributed by atoms with Crippen LogP contribution in [-0.4, -0.2) is 42.7 Å². The van der Waals surface area contributed by atoms with Crippen molar-refractivity contribution >= 4 is 19.3 Å². The number of Topliss-reactive ketones (excluding diaryl/α,β-unsaturated/α-hetero) is 1. The van der Waals surface area contributed by atoms with Crippen molar-refractivity contribution in [2.75, 3.05) is 19.8 Å². The lowest BCUT2D eigenvalue weighted by atomic mass is 10.1. The highest BCUT2D eigenvalue weighted by atomic mass is 31.2. The van der Waals surface area contributed by atoms with Crippen LogP contribution in [0.3, 0.4) is 0 Å². The standard InChI is InChI=1S/C16H30NO5P/c1-6-21-23(19,22-7-2)14(11-9-8-10-13(3)18)15-17-16(4,5)12-20-15/h14H,6-12H2,1-5H3. The summed E-state index contributed by atoms with van der Waals surface area (Å²) in [7, 11) is -3.34. The summed E-state index contributed by atoms with van der Waals surface area (Å²) in [5, 5.41) is 0. The minimum absolute atomic E-state index is 0.162. The highest BCUT2D eigenvalue weighted by Crippen LogP contribution is 2.56. The molecule has 0 aliphatic carbocycles. The molecule has 1 aliphatic rings. The summed E-state index contributed by atoms with van der Waals surface area (Å²) < 4.78 is 29.9. The van der Waals surface area contributed by atoms with Crippen molar-refractivity contribution in [3.05, 3.63) is 0 Å². The lowest BCUT2D eigenvalue weighted by Crippen LogP contribution is -2.24. The van der Waals surface area contributed by atoms with Crippen LogP contribution in [0.4, 0.5) is 0 Å². The molecule has 6 nitrogen and oxygen atoms in total. The van der Waals surface area contributed by atoms with Crippen molar-refractivity contribution in [2.24, 2.45) is 4.99 Å². The molecule has 0 fully saturated rings. The number of hydrogen-bond donors (Lipinski definition) is 0. The Hall–Kier alpha value is -0.710. The Kier molecular flexibility index (Phi) is 7.91. The normalized spacial score (nSPS) is 18.4. The number of ketones is 1. The molecule has 0 amide bonds. The molecule has 0 aromatic heterocycles. The number of aliphatic imine (C=N–C) groups is 1. The van der Waals surface area contributed by atoms with Crippen LogP contribution < -0.4 is 0 Å². The molecule has 0 aromatic carbocycles. The maximum atomic E-state index is 13.2. The Morgan fingerprint density at radius 1 is 1.30 bits per heavy atom. The molecule has 0 radical (unpaired) electrons. The second-order valence-electron chi connectivity index (χ2n) is 6.39. The fraction of sp³-hybridized carbons (Fsp3) is 0.875. The van der Waals surface area contributed by atoms with Gasteiger partial charge < -0.3 is 18.6 Å². The first-order valence-electron chi connectivity index (χ1n) is 8.35. The lowest BCUT2D eigenvalue weighted by Gasteiger charge is -2.25. The van der Waals surface area contributed by atoms with Gasteiger partial charge in [-0.15, -0.1) is 0 Å². The van der Waals surface area contributed by atoms with Crippen molar-refractivity contribution in [3.8, 4) is 0 Å². The van der Waals surface area contributed by atoms with E-state index in [1.807, 2.05) is 13.8 Å². The van der Waals surface area contributed by atoms with E-state index in [2.05, 4.69) is 4.99 Å². The second-order valence-corrected chi connectivity index (χ2v) is 8.61. The summed E-state index contributed by atoms with van der Waals surface area (Å²) in [5.74, 6) is 0.623. The molecule has 0 spiro atoms. The zero-order valence-electron chi connectivity index (χ0n) is 15.0. The van der Waals surface area contributed by atoms with Crippen LogP contribution in [0, 0.1) is 0 Å². The fourth-order valence-corrected chi connectivity index (χ4v) is 4.55. The van der Waals surface area contributed by atoms with Gasteiger partial charge in [-0.25, -0.2) is 4.99 Å². The summed E-state index contributed by atoms with van der Waals surface area (Å²) in [5.41, 5.74) is -0.827. The van der Waals surface area contributed by atoms with Crippen LogP contribution in [0.25, 0.3) is 0 Å². The average molecular weight is 347 g/mol. The Morgan fingerprint density at radius 2 is 1.91 bits per heavy atom. The zero-order valence-corrected chi connectivity index (χ0v) is 15.9. The van der Waals surface area contributed by atoms with Crippen LogP contribution in [0.15, 0.2) is 4.99 Å². The number of hydrogen-bond acceptors (Lipinski definition) is 6. The van der Waals surface area contributed by atoms with E-state index in [0.29, 0.717) is 38.6 Å². The van der Waals surface area contributed by atoms with Crippen LogP contribution in [0.2, 0.25) is 0 Å². The van der Waals surface area contributed by atoms with E-state index in [-0.39, 0.29) is 11.3 Å². The van der Waals surface area contributed by atoms with Gasteiger partial charge >= 0.3 is 7.60 Å². The van der Waals surface area contributed by atoms with Gasteiger partial charge in [0.05, 0.1) is 18.8 Å². The molecule has 1 rings (SSSR count). The Morgan fingerprint density at radius 3 is 2.35 bits per heavy atom. The number of carbonyl (C=O) groups is 1. The summed E-state index contributed by atoms with van der Waals surface area (Å²) in [6, 6.07) is 0. The monoisotopic (exact) mass is 347 g/mol. The molecule has 7 heteroatoms. The van der Waals surface area contributed by atoms with Gasteiger partial charge in [0, 0.05) is 6.42 Å². The van der Waals surface area contributed by atoms with Crippen molar-refractivity contribution < 1.29 is 23.1 Å². The molecule has 1 heterocycles. The zero-order chi connectivity index (χ0) is 17.5. The average Bonchev–Trinajstić information content (AvgIpc) is 2.78. The molecular formula is C16H30NO5P. The molecule has 0 saturated carbocycles. The Balaban J connectivity index is 2.91. The number of nitrogens with zero attached hydrogens (tertiary/aromatic N) is 1. The maximum Gasteiger partial charge on any atom is 0.342 e. The molecule has 0 bridgehead atoms. The summed E-state index contributed by atoms with van der Waals surface area (Å²) >= 11 is 0. The predicted molar refractivity (Wildman–Crippen MR) is 91.3 cm³/mol. The van der Waals surface area contributed by atoms with Crippen LogP contribution in [0.5, 0.6) is 0 Å². The van der Waals surface area contributed by atoms with Crippen LogP contribution >= 0.6 is 7.60 Å². The molecule has 0 N–H and O–H groups in total. The molecule has 134 valence electrons. The third-order valence-corrected chi connectivity index (χ3v) is 6.01. The van der Waals surface area contributed by atoms with Crippen molar-refractivity contribution in [1.29, 1.82) is 0 Å². The number of unbranched alkanes of at least 4 members (excludes halogenated alkanes) is 1. The predicted octanol–water partition coefficient (Wildman–Crippen LogP) is 3.98. The van der Waals surface area contributed by atoms with E-state index in [4.69, 9.17) is 13.8 Å². The maximum absolute atomic E-state index is 13.2. The minimum atomic E-state index is -3.34. The molecule has 23 heavy (non-hydrogen) atoms. The highest BCUT2D eigenvalue weighted by Gasteiger charge is 2.43. The van der Waals surface area contributed by atoms with Gasteiger partial charge in [-0.3, -0.25) is 4.57 Å². The van der Waals surface area contributed by atoms with Crippen molar-refractivity contribution in [2.45, 2.75) is 71.5 Å². The number of rotatable bonds is 11. The van der Waals surface area contributed by atoms with Gasteiger partial charge in [0.2, 0.25) is 0 Å². The SMILES string of the molecule is CCOP(=O)(OCC)C(CCCCC(C)=O)C1=NC(C)(C)CO1. The Bertz CT molecular complexity index is 465. The molecule has 1 unspecified atom stereocenters. The van der Waals surface area contributed by atoms with E-state index in [0.717, 1.165) is 12.8 Å². The third kappa shape index (κ3) is 6.36.